The first-order valence-corrected chi connectivity index (χ1v) is 3.94. The van der Waals surface area contributed by atoms with Crippen molar-refractivity contribution in [3.05, 3.63) is 28.2 Å². The van der Waals surface area contributed by atoms with E-state index in [0.29, 0.717) is 15.7 Å². The van der Waals surface area contributed by atoms with E-state index in [4.69, 9.17) is 10.9 Å². The molecule has 1 amide bonds. The van der Waals surface area contributed by atoms with Gasteiger partial charge in [-0.15, -0.1) is 0 Å². The number of carbonyl (C=O) groups excluding carboxylic acids is 1. The molecule has 0 heterocycles. The number of nitrogens with one attached hydrogen (secondary N) is 1. The number of halogens is 1. The summed E-state index contributed by atoms with van der Waals surface area (Å²) in [4.78, 5) is 10.9. The van der Waals surface area contributed by atoms with Crippen LogP contribution in [0.5, 0.6) is 0 Å². The lowest BCUT2D eigenvalue weighted by atomic mass is 10.2. The summed E-state index contributed by atoms with van der Waals surface area (Å²) >= 11 is 3.14. The average molecular weight is 231 g/mol. The number of nitrogen functional groups attached to an aromatic ring is 1. The Labute approximate surface area is 77.5 Å². The Morgan fingerprint density at radius 3 is 2.83 bits per heavy atom. The van der Waals surface area contributed by atoms with E-state index < -0.39 is 5.91 Å². The number of hydrogen-bond acceptors (Lipinski definition) is 3. The molecule has 4 nitrogen and oxygen atoms in total. The number of benzene rings is 1. The first-order chi connectivity index (χ1) is 5.65. The Kier molecular flexibility index (Phi) is 2.67. The van der Waals surface area contributed by atoms with Crippen molar-refractivity contribution >= 4 is 27.5 Å². The molecule has 4 N–H and O–H groups in total. The summed E-state index contributed by atoms with van der Waals surface area (Å²) in [6, 6.07) is 4.76. The molecule has 0 atom stereocenters. The predicted octanol–water partition coefficient (Wildman–Crippen LogP) is 1.15. The lowest BCUT2D eigenvalue weighted by Gasteiger charge is -2.02. The van der Waals surface area contributed by atoms with Gasteiger partial charge in [-0.25, -0.2) is 5.48 Å². The standard InChI is InChI=1S/C7H7BrN2O2/c8-6-2-1-4(9)3-5(6)7(11)10-12/h1-3,12H,9H2,(H,10,11). The molecule has 1 aromatic carbocycles. The van der Waals surface area contributed by atoms with Crippen molar-refractivity contribution < 1.29 is 10.0 Å². The number of hydrogen-bond donors (Lipinski definition) is 3. The van der Waals surface area contributed by atoms with Gasteiger partial charge in [0.05, 0.1) is 5.56 Å². The highest BCUT2D eigenvalue weighted by molar-refractivity contribution is 9.10. The summed E-state index contributed by atoms with van der Waals surface area (Å²) in [5.41, 5.74) is 7.73. The third kappa shape index (κ3) is 1.75. The van der Waals surface area contributed by atoms with Crippen molar-refractivity contribution in [2.45, 2.75) is 0 Å². The first kappa shape index (κ1) is 9.02. The highest BCUT2D eigenvalue weighted by Gasteiger charge is 2.08. The summed E-state index contributed by atoms with van der Waals surface area (Å²) in [5.74, 6) is -0.589. The van der Waals surface area contributed by atoms with E-state index in [0.717, 1.165) is 0 Å². The number of anilines is 1. The van der Waals surface area contributed by atoms with Crippen molar-refractivity contribution in [1.82, 2.24) is 5.48 Å². The van der Waals surface area contributed by atoms with Crippen LogP contribution in [0.3, 0.4) is 0 Å². The Morgan fingerprint density at radius 1 is 1.58 bits per heavy atom. The molecule has 0 radical (unpaired) electrons. The molecule has 0 aliphatic carbocycles. The minimum Gasteiger partial charge on any atom is -0.399 e. The fourth-order valence-corrected chi connectivity index (χ4v) is 1.20. The summed E-state index contributed by atoms with van der Waals surface area (Å²) in [6.45, 7) is 0. The van der Waals surface area contributed by atoms with Crippen LogP contribution in [0.2, 0.25) is 0 Å². The van der Waals surface area contributed by atoms with E-state index >= 15 is 0 Å². The maximum atomic E-state index is 10.9. The van der Waals surface area contributed by atoms with Gasteiger partial charge < -0.3 is 5.73 Å². The van der Waals surface area contributed by atoms with Gasteiger partial charge >= 0.3 is 0 Å². The minimum atomic E-state index is -0.589. The zero-order chi connectivity index (χ0) is 9.14. The van der Waals surface area contributed by atoms with Crippen molar-refractivity contribution in [1.29, 1.82) is 0 Å². The fraction of sp³-hybridized carbons (Fsp3) is 0. The second-order valence-electron chi connectivity index (χ2n) is 2.18. The Morgan fingerprint density at radius 2 is 2.25 bits per heavy atom. The summed E-state index contributed by atoms with van der Waals surface area (Å²) in [7, 11) is 0. The van der Waals surface area contributed by atoms with Gasteiger partial charge in [-0.3, -0.25) is 10.0 Å². The number of carbonyl (C=O) groups is 1. The molecule has 0 aromatic heterocycles. The zero-order valence-electron chi connectivity index (χ0n) is 6.04. The van der Waals surface area contributed by atoms with Crippen LogP contribution in [0.15, 0.2) is 22.7 Å². The smallest absolute Gasteiger partial charge is 0.275 e. The van der Waals surface area contributed by atoms with E-state index in [1.165, 1.54) is 11.5 Å². The van der Waals surface area contributed by atoms with Crippen LogP contribution in [0, 0.1) is 0 Å². The van der Waals surface area contributed by atoms with Gasteiger partial charge in [0.25, 0.3) is 5.91 Å². The minimum absolute atomic E-state index is 0.303. The van der Waals surface area contributed by atoms with Crippen LogP contribution >= 0.6 is 15.9 Å². The molecule has 0 aliphatic heterocycles. The highest BCUT2D eigenvalue weighted by atomic mass is 79.9. The van der Waals surface area contributed by atoms with Crippen LogP contribution in [0.1, 0.15) is 10.4 Å². The van der Waals surface area contributed by atoms with E-state index in [1.807, 2.05) is 0 Å². The van der Waals surface area contributed by atoms with Crippen molar-refractivity contribution in [2.75, 3.05) is 5.73 Å². The summed E-state index contributed by atoms with van der Waals surface area (Å²) in [6.07, 6.45) is 0. The molecule has 12 heavy (non-hydrogen) atoms. The molecular formula is C7H7BrN2O2. The quantitative estimate of drug-likeness (QED) is 0.385. The molecular weight excluding hydrogens is 224 g/mol. The van der Waals surface area contributed by atoms with Crippen LogP contribution in [0.25, 0.3) is 0 Å². The van der Waals surface area contributed by atoms with Crippen molar-refractivity contribution in [3.63, 3.8) is 0 Å². The van der Waals surface area contributed by atoms with Gasteiger partial charge in [-0.05, 0) is 34.1 Å². The molecule has 64 valence electrons. The van der Waals surface area contributed by atoms with Crippen LogP contribution < -0.4 is 11.2 Å². The van der Waals surface area contributed by atoms with Gasteiger partial charge in [-0.1, -0.05) is 0 Å². The Hall–Kier alpha value is -1.07. The number of rotatable bonds is 1. The largest absolute Gasteiger partial charge is 0.399 e. The first-order valence-electron chi connectivity index (χ1n) is 3.14. The van der Waals surface area contributed by atoms with Crippen molar-refractivity contribution in [2.24, 2.45) is 0 Å². The molecule has 0 unspecified atom stereocenters. The Balaban J connectivity index is 3.13. The van der Waals surface area contributed by atoms with Crippen LogP contribution in [-0.4, -0.2) is 11.1 Å². The molecule has 1 aromatic rings. The maximum absolute atomic E-state index is 10.9. The van der Waals surface area contributed by atoms with Gasteiger partial charge in [0.2, 0.25) is 0 Å². The second kappa shape index (κ2) is 3.55. The molecule has 1 rings (SSSR count). The Bertz CT molecular complexity index is 314. The van der Waals surface area contributed by atoms with Gasteiger partial charge in [0, 0.05) is 10.2 Å². The van der Waals surface area contributed by atoms with Crippen molar-refractivity contribution in [3.8, 4) is 0 Å². The molecule has 0 saturated heterocycles. The molecule has 5 heteroatoms. The van der Waals surface area contributed by atoms with Gasteiger partial charge in [0.15, 0.2) is 0 Å². The predicted molar refractivity (Wildman–Crippen MR) is 47.8 cm³/mol. The van der Waals surface area contributed by atoms with Gasteiger partial charge in [-0.2, -0.15) is 0 Å². The molecule has 0 saturated carbocycles. The van der Waals surface area contributed by atoms with E-state index in [9.17, 15) is 4.79 Å². The lowest BCUT2D eigenvalue weighted by Crippen LogP contribution is -2.19. The average Bonchev–Trinajstić information content (AvgIpc) is 2.08. The maximum Gasteiger partial charge on any atom is 0.275 e. The fourth-order valence-electron chi connectivity index (χ4n) is 0.777. The van der Waals surface area contributed by atoms with E-state index in [1.54, 1.807) is 12.1 Å². The molecule has 0 spiro atoms. The lowest BCUT2D eigenvalue weighted by molar-refractivity contribution is 0.0705. The van der Waals surface area contributed by atoms with Crippen LogP contribution in [-0.2, 0) is 0 Å². The topological polar surface area (TPSA) is 75.4 Å². The highest BCUT2D eigenvalue weighted by Crippen LogP contribution is 2.18. The zero-order valence-corrected chi connectivity index (χ0v) is 7.63. The molecule has 0 bridgehead atoms. The normalized spacial score (nSPS) is 9.50. The number of hydroxylamine groups is 1. The third-order valence-electron chi connectivity index (χ3n) is 1.34. The van der Waals surface area contributed by atoms with Crippen LogP contribution in [0.4, 0.5) is 5.69 Å². The number of amides is 1. The second-order valence-corrected chi connectivity index (χ2v) is 3.03. The monoisotopic (exact) mass is 230 g/mol. The third-order valence-corrected chi connectivity index (χ3v) is 2.03. The summed E-state index contributed by atoms with van der Waals surface area (Å²) in [5, 5.41) is 8.34. The van der Waals surface area contributed by atoms with Gasteiger partial charge in [0.1, 0.15) is 0 Å². The summed E-state index contributed by atoms with van der Waals surface area (Å²) < 4.78 is 0.586. The van der Waals surface area contributed by atoms with E-state index in [-0.39, 0.29) is 0 Å². The molecule has 0 aliphatic rings. The SMILES string of the molecule is Nc1ccc(Br)c(C(=O)NO)c1. The molecule has 0 fully saturated rings. The van der Waals surface area contributed by atoms with E-state index in [2.05, 4.69) is 15.9 Å². The number of nitrogens with two attached hydrogens (primary N) is 1.